The van der Waals surface area contributed by atoms with Crippen molar-refractivity contribution in [3.63, 3.8) is 0 Å². The van der Waals surface area contributed by atoms with Crippen molar-refractivity contribution < 1.29 is 0 Å². The van der Waals surface area contributed by atoms with Crippen LogP contribution in [0.3, 0.4) is 0 Å². The van der Waals surface area contributed by atoms with Gasteiger partial charge in [0.15, 0.2) is 5.13 Å². The van der Waals surface area contributed by atoms with Gasteiger partial charge in [0.2, 0.25) is 0 Å². The Labute approximate surface area is 122 Å². The Morgan fingerprint density at radius 3 is 2.85 bits per heavy atom. The molecule has 0 aliphatic heterocycles. The van der Waals surface area contributed by atoms with Gasteiger partial charge in [-0.15, -0.1) is 11.3 Å². The molecule has 2 aromatic rings. The molecule has 0 unspecified atom stereocenters. The highest BCUT2D eigenvalue weighted by atomic mass is 32.1. The van der Waals surface area contributed by atoms with Crippen LogP contribution in [-0.2, 0) is 6.54 Å². The minimum atomic E-state index is -0.0961. The fraction of sp³-hybridized carbons (Fsp3) is 0.462. The molecule has 0 radical (unpaired) electrons. The lowest BCUT2D eigenvalue weighted by molar-refractivity contribution is 0.643. The normalized spacial score (nSPS) is 10.6. The van der Waals surface area contributed by atoms with E-state index >= 15 is 0 Å². The molecule has 0 aromatic carbocycles. The number of aromatic nitrogens is 3. The minimum Gasteiger partial charge on any atom is -0.373 e. The smallest absolute Gasteiger partial charge is 0.269 e. The summed E-state index contributed by atoms with van der Waals surface area (Å²) in [4.78, 5) is 19.3. The third kappa shape index (κ3) is 3.36. The number of hydrogen-bond acceptors (Lipinski definition) is 6. The van der Waals surface area contributed by atoms with Crippen molar-refractivity contribution in [1.82, 2.24) is 14.8 Å². The van der Waals surface area contributed by atoms with Crippen molar-refractivity contribution in [3.8, 4) is 0 Å². The number of anilines is 2. The van der Waals surface area contributed by atoms with E-state index in [1.165, 1.54) is 4.68 Å². The van der Waals surface area contributed by atoms with Gasteiger partial charge in [-0.3, -0.25) is 4.79 Å². The van der Waals surface area contributed by atoms with Crippen molar-refractivity contribution in [2.24, 2.45) is 0 Å². The summed E-state index contributed by atoms with van der Waals surface area (Å²) in [5.41, 5.74) is 0.743. The second kappa shape index (κ2) is 6.51. The fourth-order valence-electron chi connectivity index (χ4n) is 1.70. The van der Waals surface area contributed by atoms with Gasteiger partial charge in [0.1, 0.15) is 0 Å². The standard InChI is InChI=1S/C13H19N5OS/c1-4-14-13-15-8-11(20-13)9-18-12(19)6-10(7-16-18)17(3)5-2/h6-8H,4-5,9H2,1-3H3,(H,14,15). The molecule has 6 nitrogen and oxygen atoms in total. The van der Waals surface area contributed by atoms with Crippen LogP contribution in [0.5, 0.6) is 0 Å². The molecule has 2 aromatic heterocycles. The molecular weight excluding hydrogens is 274 g/mol. The summed E-state index contributed by atoms with van der Waals surface area (Å²) in [6, 6.07) is 1.61. The van der Waals surface area contributed by atoms with Gasteiger partial charge >= 0.3 is 0 Å². The highest BCUT2D eigenvalue weighted by Crippen LogP contribution is 2.18. The SMILES string of the molecule is CCNc1ncc(Cn2ncc(N(C)CC)cc2=O)s1. The summed E-state index contributed by atoms with van der Waals surface area (Å²) in [5, 5.41) is 8.24. The molecule has 7 heteroatoms. The largest absolute Gasteiger partial charge is 0.373 e. The number of rotatable bonds is 6. The fourth-order valence-corrected chi connectivity index (χ4v) is 2.56. The van der Waals surface area contributed by atoms with Crippen molar-refractivity contribution >= 4 is 22.2 Å². The van der Waals surface area contributed by atoms with Crippen LogP contribution in [0.2, 0.25) is 0 Å². The Bertz CT molecular complexity index is 621. The molecule has 20 heavy (non-hydrogen) atoms. The maximum atomic E-state index is 12.0. The molecule has 0 aliphatic rings. The van der Waals surface area contributed by atoms with E-state index in [4.69, 9.17) is 0 Å². The van der Waals surface area contributed by atoms with Crippen molar-refractivity contribution in [1.29, 1.82) is 0 Å². The average Bonchev–Trinajstić information content (AvgIpc) is 2.88. The zero-order valence-electron chi connectivity index (χ0n) is 12.0. The molecule has 0 fully saturated rings. The second-order valence-corrected chi connectivity index (χ2v) is 5.50. The van der Waals surface area contributed by atoms with Crippen LogP contribution in [0, 0.1) is 0 Å². The van der Waals surface area contributed by atoms with E-state index in [0.717, 1.165) is 28.8 Å². The first-order valence-corrected chi connectivity index (χ1v) is 7.42. The van der Waals surface area contributed by atoms with Crippen LogP contribution >= 0.6 is 11.3 Å². The second-order valence-electron chi connectivity index (χ2n) is 4.39. The van der Waals surface area contributed by atoms with Gasteiger partial charge in [-0.2, -0.15) is 5.10 Å². The molecule has 0 saturated carbocycles. The predicted molar refractivity (Wildman–Crippen MR) is 82.8 cm³/mol. The topological polar surface area (TPSA) is 63.1 Å². The summed E-state index contributed by atoms with van der Waals surface area (Å²) in [7, 11) is 1.94. The lowest BCUT2D eigenvalue weighted by Crippen LogP contribution is -2.25. The quantitative estimate of drug-likeness (QED) is 0.877. The first-order valence-electron chi connectivity index (χ1n) is 6.61. The monoisotopic (exact) mass is 293 g/mol. The lowest BCUT2D eigenvalue weighted by atomic mass is 10.4. The number of thiazole rings is 1. The highest BCUT2D eigenvalue weighted by molar-refractivity contribution is 7.15. The van der Waals surface area contributed by atoms with E-state index in [-0.39, 0.29) is 5.56 Å². The average molecular weight is 293 g/mol. The molecule has 108 valence electrons. The van der Waals surface area contributed by atoms with Crippen molar-refractivity contribution in [2.75, 3.05) is 30.4 Å². The molecule has 0 spiro atoms. The van der Waals surface area contributed by atoms with E-state index in [0.29, 0.717) is 6.54 Å². The Morgan fingerprint density at radius 2 is 2.20 bits per heavy atom. The molecule has 0 bridgehead atoms. The van der Waals surface area contributed by atoms with Crippen molar-refractivity contribution in [3.05, 3.63) is 33.7 Å². The molecule has 2 rings (SSSR count). The van der Waals surface area contributed by atoms with Gasteiger partial charge in [-0.05, 0) is 13.8 Å². The maximum absolute atomic E-state index is 12.0. The zero-order chi connectivity index (χ0) is 14.5. The van der Waals surface area contributed by atoms with Gasteiger partial charge < -0.3 is 10.2 Å². The first kappa shape index (κ1) is 14.5. The number of nitrogens with one attached hydrogen (secondary N) is 1. The van der Waals surface area contributed by atoms with E-state index in [1.807, 2.05) is 25.8 Å². The van der Waals surface area contributed by atoms with Crippen LogP contribution in [-0.4, -0.2) is 34.9 Å². The number of hydrogen-bond donors (Lipinski definition) is 1. The molecular formula is C13H19N5OS. The Kier molecular flexibility index (Phi) is 4.73. The maximum Gasteiger partial charge on any atom is 0.269 e. The molecule has 2 heterocycles. The minimum absolute atomic E-state index is 0.0961. The van der Waals surface area contributed by atoms with E-state index in [2.05, 4.69) is 15.4 Å². The molecule has 1 N–H and O–H groups in total. The van der Waals surface area contributed by atoms with Crippen LogP contribution in [0.4, 0.5) is 10.8 Å². The Balaban J connectivity index is 2.15. The molecule has 0 saturated heterocycles. The predicted octanol–water partition coefficient (Wildman–Crippen LogP) is 1.64. The molecule has 0 amide bonds. The third-order valence-corrected chi connectivity index (χ3v) is 3.90. The van der Waals surface area contributed by atoms with Gasteiger partial charge in [0.05, 0.1) is 18.4 Å². The van der Waals surface area contributed by atoms with Crippen LogP contribution in [0.25, 0.3) is 0 Å². The van der Waals surface area contributed by atoms with E-state index < -0.39 is 0 Å². The zero-order valence-corrected chi connectivity index (χ0v) is 12.8. The molecule has 0 atom stereocenters. The summed E-state index contributed by atoms with van der Waals surface area (Å²) in [5.74, 6) is 0. The van der Waals surface area contributed by atoms with Crippen LogP contribution in [0.1, 0.15) is 18.7 Å². The highest BCUT2D eigenvalue weighted by Gasteiger charge is 2.06. The summed E-state index contributed by atoms with van der Waals surface area (Å²) >= 11 is 1.54. The van der Waals surface area contributed by atoms with Gasteiger partial charge in [-0.1, -0.05) is 0 Å². The van der Waals surface area contributed by atoms with Gasteiger partial charge in [0.25, 0.3) is 5.56 Å². The van der Waals surface area contributed by atoms with Gasteiger partial charge in [0, 0.05) is 37.3 Å². The first-order chi connectivity index (χ1) is 9.63. The van der Waals surface area contributed by atoms with Crippen LogP contribution < -0.4 is 15.8 Å². The van der Waals surface area contributed by atoms with Gasteiger partial charge in [-0.25, -0.2) is 9.67 Å². The summed E-state index contributed by atoms with van der Waals surface area (Å²) < 4.78 is 1.45. The number of nitrogens with zero attached hydrogens (tertiary/aromatic N) is 4. The summed E-state index contributed by atoms with van der Waals surface area (Å²) in [6.07, 6.45) is 3.50. The lowest BCUT2D eigenvalue weighted by Gasteiger charge is -2.16. The van der Waals surface area contributed by atoms with Crippen molar-refractivity contribution in [2.45, 2.75) is 20.4 Å². The van der Waals surface area contributed by atoms with E-state index in [9.17, 15) is 4.79 Å². The third-order valence-electron chi connectivity index (χ3n) is 2.96. The summed E-state index contributed by atoms with van der Waals surface area (Å²) in [6.45, 7) is 6.19. The van der Waals surface area contributed by atoms with Crippen LogP contribution in [0.15, 0.2) is 23.3 Å². The Hall–Kier alpha value is -1.89. The van der Waals surface area contributed by atoms with E-state index in [1.54, 1.807) is 29.8 Å². The molecule has 0 aliphatic carbocycles. The Morgan fingerprint density at radius 1 is 1.40 bits per heavy atom.